The van der Waals surface area contributed by atoms with Gasteiger partial charge in [0, 0.05) is 31.2 Å². The van der Waals surface area contributed by atoms with Crippen molar-refractivity contribution in [3.8, 4) is 0 Å². The van der Waals surface area contributed by atoms with Crippen LogP contribution in [0.3, 0.4) is 0 Å². The van der Waals surface area contributed by atoms with E-state index in [0.29, 0.717) is 19.6 Å². The largest absolute Gasteiger partial charge is 0.374 e. The van der Waals surface area contributed by atoms with Gasteiger partial charge in [0.1, 0.15) is 10.7 Å². The highest BCUT2D eigenvalue weighted by Crippen LogP contribution is 2.18. The Morgan fingerprint density at radius 2 is 2.18 bits per heavy atom. The molecule has 96 valence electrons. The quantitative estimate of drug-likeness (QED) is 0.746. The summed E-state index contributed by atoms with van der Waals surface area (Å²) in [5, 5.41) is 11.0. The van der Waals surface area contributed by atoms with Gasteiger partial charge in [-0.2, -0.15) is 0 Å². The minimum Gasteiger partial charge on any atom is -0.374 e. The van der Waals surface area contributed by atoms with Crippen LogP contribution >= 0.6 is 11.5 Å². The number of carbonyl (C=O) groups excluding carboxylic acids is 1. The van der Waals surface area contributed by atoms with E-state index in [1.54, 1.807) is 0 Å². The first kappa shape index (κ1) is 13.9. The number of nitrogens with zero attached hydrogens (tertiary/aromatic N) is 3. The van der Waals surface area contributed by atoms with E-state index < -0.39 is 0 Å². The molecule has 2 N–H and O–H groups in total. The van der Waals surface area contributed by atoms with Gasteiger partial charge in [0.2, 0.25) is 5.91 Å². The number of anilines is 1. The van der Waals surface area contributed by atoms with Gasteiger partial charge in [-0.15, -0.1) is 5.10 Å². The Balaban J connectivity index is 2.46. The third kappa shape index (κ3) is 4.66. The molecule has 0 radical (unpaired) electrons. The minimum absolute atomic E-state index is 0.0307. The SMILES string of the molecule is CCNC(=O)CN(C)Cc1nnsc1NCC. The lowest BCUT2D eigenvalue weighted by molar-refractivity contribution is -0.121. The summed E-state index contributed by atoms with van der Waals surface area (Å²) in [6.07, 6.45) is 0. The highest BCUT2D eigenvalue weighted by molar-refractivity contribution is 7.10. The van der Waals surface area contributed by atoms with Gasteiger partial charge in [0.25, 0.3) is 0 Å². The van der Waals surface area contributed by atoms with Gasteiger partial charge in [0.05, 0.1) is 6.54 Å². The fraction of sp³-hybridized carbons (Fsp3) is 0.700. The maximum atomic E-state index is 11.4. The van der Waals surface area contributed by atoms with Crippen LogP contribution in [0.4, 0.5) is 5.00 Å². The molecule has 17 heavy (non-hydrogen) atoms. The van der Waals surface area contributed by atoms with Crippen molar-refractivity contribution in [3.05, 3.63) is 5.69 Å². The summed E-state index contributed by atoms with van der Waals surface area (Å²) in [6, 6.07) is 0. The van der Waals surface area contributed by atoms with Crippen LogP contribution in [0, 0.1) is 0 Å². The van der Waals surface area contributed by atoms with E-state index in [9.17, 15) is 4.79 Å². The van der Waals surface area contributed by atoms with Crippen molar-refractivity contribution in [2.45, 2.75) is 20.4 Å². The Morgan fingerprint density at radius 3 is 2.82 bits per heavy atom. The predicted octanol–water partition coefficient (Wildman–Crippen LogP) is 0.538. The second kappa shape index (κ2) is 7.18. The summed E-state index contributed by atoms with van der Waals surface area (Å²) in [5.74, 6) is 0.0307. The molecule has 0 bridgehead atoms. The summed E-state index contributed by atoms with van der Waals surface area (Å²) < 4.78 is 3.91. The summed E-state index contributed by atoms with van der Waals surface area (Å²) >= 11 is 1.35. The van der Waals surface area contributed by atoms with Gasteiger partial charge in [-0.05, 0) is 20.9 Å². The molecule has 0 saturated carbocycles. The Kier molecular flexibility index (Phi) is 5.85. The zero-order chi connectivity index (χ0) is 12.7. The maximum absolute atomic E-state index is 11.4. The van der Waals surface area contributed by atoms with E-state index in [1.807, 2.05) is 25.8 Å². The summed E-state index contributed by atoms with van der Waals surface area (Å²) in [5.41, 5.74) is 0.892. The van der Waals surface area contributed by atoms with Crippen molar-refractivity contribution in [2.24, 2.45) is 0 Å². The van der Waals surface area contributed by atoms with Crippen molar-refractivity contribution in [3.63, 3.8) is 0 Å². The molecule has 1 heterocycles. The van der Waals surface area contributed by atoms with Crippen LogP contribution in [0.15, 0.2) is 0 Å². The molecule has 0 fully saturated rings. The second-order valence-corrected chi connectivity index (χ2v) is 4.46. The molecule has 1 aromatic rings. The zero-order valence-electron chi connectivity index (χ0n) is 10.5. The third-order valence-corrected chi connectivity index (χ3v) is 2.83. The summed E-state index contributed by atoms with van der Waals surface area (Å²) in [6.45, 7) is 6.44. The lowest BCUT2D eigenvalue weighted by Gasteiger charge is -2.15. The molecule has 1 aromatic heterocycles. The van der Waals surface area contributed by atoms with Crippen molar-refractivity contribution >= 4 is 22.4 Å². The van der Waals surface area contributed by atoms with Gasteiger partial charge in [-0.25, -0.2) is 0 Å². The fourth-order valence-electron chi connectivity index (χ4n) is 1.42. The van der Waals surface area contributed by atoms with Crippen molar-refractivity contribution < 1.29 is 4.79 Å². The molecule has 1 rings (SSSR count). The van der Waals surface area contributed by atoms with Crippen LogP contribution in [0.5, 0.6) is 0 Å². The van der Waals surface area contributed by atoms with Crippen LogP contribution in [0.25, 0.3) is 0 Å². The second-order valence-electron chi connectivity index (χ2n) is 3.70. The molecule has 0 aliphatic carbocycles. The molecule has 1 amide bonds. The average molecular weight is 257 g/mol. The van der Waals surface area contributed by atoms with E-state index in [2.05, 4.69) is 20.2 Å². The topological polar surface area (TPSA) is 70.2 Å². The molecular formula is C10H19N5OS. The predicted molar refractivity (Wildman–Crippen MR) is 69.1 cm³/mol. The maximum Gasteiger partial charge on any atom is 0.234 e. The molecule has 0 atom stereocenters. The smallest absolute Gasteiger partial charge is 0.234 e. The molecule has 7 heteroatoms. The number of amides is 1. The van der Waals surface area contributed by atoms with Gasteiger partial charge in [-0.3, -0.25) is 9.69 Å². The Morgan fingerprint density at radius 1 is 1.41 bits per heavy atom. The number of carbonyl (C=O) groups is 1. The first-order chi connectivity index (χ1) is 8.17. The van der Waals surface area contributed by atoms with Crippen LogP contribution in [-0.4, -0.2) is 47.1 Å². The normalized spacial score (nSPS) is 10.6. The standard InChI is InChI=1S/C10H19N5OS/c1-4-11-9(16)7-15(3)6-8-10(12-5-2)17-14-13-8/h12H,4-7H2,1-3H3,(H,11,16). The molecule has 0 unspecified atom stereocenters. The summed E-state index contributed by atoms with van der Waals surface area (Å²) in [7, 11) is 1.89. The van der Waals surface area contributed by atoms with Crippen LogP contribution < -0.4 is 10.6 Å². The van der Waals surface area contributed by atoms with E-state index in [4.69, 9.17) is 0 Å². The molecule has 0 aliphatic rings. The first-order valence-corrected chi connectivity index (χ1v) is 6.45. The lowest BCUT2D eigenvalue weighted by atomic mass is 10.4. The van der Waals surface area contributed by atoms with Gasteiger partial charge < -0.3 is 10.6 Å². The number of hydrogen-bond acceptors (Lipinski definition) is 6. The van der Waals surface area contributed by atoms with Crippen LogP contribution in [0.2, 0.25) is 0 Å². The first-order valence-electron chi connectivity index (χ1n) is 5.67. The molecular weight excluding hydrogens is 238 g/mol. The van der Waals surface area contributed by atoms with Gasteiger partial charge >= 0.3 is 0 Å². The number of aromatic nitrogens is 2. The molecule has 0 aromatic carbocycles. The van der Waals surface area contributed by atoms with E-state index >= 15 is 0 Å². The fourth-order valence-corrected chi connectivity index (χ4v) is 2.06. The van der Waals surface area contributed by atoms with Gasteiger partial charge in [-0.1, -0.05) is 4.49 Å². The van der Waals surface area contributed by atoms with Crippen LogP contribution in [-0.2, 0) is 11.3 Å². The number of likely N-dealkylation sites (N-methyl/N-ethyl adjacent to an activating group) is 2. The van der Waals surface area contributed by atoms with Crippen molar-refractivity contribution in [2.75, 3.05) is 32.0 Å². The lowest BCUT2D eigenvalue weighted by Crippen LogP contribution is -2.34. The number of hydrogen-bond donors (Lipinski definition) is 2. The number of nitrogens with one attached hydrogen (secondary N) is 2. The van der Waals surface area contributed by atoms with E-state index in [0.717, 1.165) is 17.2 Å². The third-order valence-electron chi connectivity index (χ3n) is 2.10. The Labute approximate surface area is 106 Å². The van der Waals surface area contributed by atoms with E-state index in [-0.39, 0.29) is 5.91 Å². The zero-order valence-corrected chi connectivity index (χ0v) is 11.3. The monoisotopic (exact) mass is 257 g/mol. The van der Waals surface area contributed by atoms with E-state index in [1.165, 1.54) is 11.5 Å². The van der Waals surface area contributed by atoms with Crippen molar-refractivity contribution in [1.29, 1.82) is 0 Å². The average Bonchev–Trinajstić information content (AvgIpc) is 2.66. The summed E-state index contributed by atoms with van der Waals surface area (Å²) in [4.78, 5) is 13.3. The highest BCUT2D eigenvalue weighted by Gasteiger charge is 2.11. The molecule has 0 spiro atoms. The van der Waals surface area contributed by atoms with Crippen LogP contribution in [0.1, 0.15) is 19.5 Å². The molecule has 0 saturated heterocycles. The molecule has 0 aliphatic heterocycles. The minimum atomic E-state index is 0.0307. The Hall–Kier alpha value is -1.21. The highest BCUT2D eigenvalue weighted by atomic mass is 32.1. The Bertz CT molecular complexity index is 354. The number of rotatable bonds is 7. The van der Waals surface area contributed by atoms with Crippen molar-refractivity contribution in [1.82, 2.24) is 19.8 Å². The molecule has 6 nitrogen and oxygen atoms in total. The van der Waals surface area contributed by atoms with Gasteiger partial charge in [0.15, 0.2) is 0 Å².